The lowest BCUT2D eigenvalue weighted by Gasteiger charge is -2.22. The second-order valence-electron chi connectivity index (χ2n) is 6.78. The fourth-order valence-electron chi connectivity index (χ4n) is 2.86. The first-order valence-corrected chi connectivity index (χ1v) is 9.05. The summed E-state index contributed by atoms with van der Waals surface area (Å²) in [5.74, 6) is 1.24. The number of benzene rings is 2. The third-order valence-corrected chi connectivity index (χ3v) is 4.48. The molecule has 0 aliphatic heterocycles. The molecule has 1 N–H and O–H groups in total. The molecule has 2 rings (SSSR count). The number of hydrogen-bond acceptors (Lipinski definition) is 4. The van der Waals surface area contributed by atoms with Crippen LogP contribution in [0.4, 0.5) is 0 Å². The Morgan fingerprint density at radius 2 is 1.74 bits per heavy atom. The molecule has 1 amide bonds. The average Bonchev–Trinajstić information content (AvgIpc) is 2.66. The lowest BCUT2D eigenvalue weighted by atomic mass is 9.88. The van der Waals surface area contributed by atoms with Gasteiger partial charge < -0.3 is 14.8 Å². The van der Waals surface area contributed by atoms with Gasteiger partial charge in [-0.15, -0.1) is 0 Å². The van der Waals surface area contributed by atoms with Crippen molar-refractivity contribution < 1.29 is 19.1 Å². The number of ether oxygens (including phenoxy) is 2. The number of ketones is 1. The van der Waals surface area contributed by atoms with Gasteiger partial charge in [-0.3, -0.25) is 9.59 Å². The molecule has 2 aromatic carbocycles. The molecule has 1 unspecified atom stereocenters. The second kappa shape index (κ2) is 9.76. The first kappa shape index (κ1) is 20.5. The zero-order chi connectivity index (χ0) is 19.8. The Kier molecular flexibility index (Phi) is 7.41. The van der Waals surface area contributed by atoms with E-state index in [0.717, 1.165) is 0 Å². The lowest BCUT2D eigenvalue weighted by molar-refractivity contribution is -0.123. The fourth-order valence-corrected chi connectivity index (χ4v) is 2.86. The van der Waals surface area contributed by atoms with Gasteiger partial charge in [0.15, 0.2) is 23.9 Å². The van der Waals surface area contributed by atoms with Crippen molar-refractivity contribution >= 4 is 11.7 Å². The highest BCUT2D eigenvalue weighted by molar-refractivity contribution is 5.94. The van der Waals surface area contributed by atoms with Crippen molar-refractivity contribution in [2.24, 2.45) is 5.92 Å². The average molecular weight is 369 g/mol. The number of carbonyl (C=O) groups is 2. The first-order chi connectivity index (χ1) is 12.9. The summed E-state index contributed by atoms with van der Waals surface area (Å²) in [7, 11) is 1.50. The van der Waals surface area contributed by atoms with Gasteiger partial charge in [0.25, 0.3) is 5.91 Å². The highest BCUT2D eigenvalue weighted by atomic mass is 16.5. The van der Waals surface area contributed by atoms with Gasteiger partial charge in [-0.1, -0.05) is 44.2 Å². The maximum absolute atomic E-state index is 12.2. The van der Waals surface area contributed by atoms with E-state index in [9.17, 15) is 9.59 Å². The summed E-state index contributed by atoms with van der Waals surface area (Å²) in [4.78, 5) is 23.7. The Balaban J connectivity index is 1.93. The zero-order valence-corrected chi connectivity index (χ0v) is 16.3. The summed E-state index contributed by atoms with van der Waals surface area (Å²) in [6.45, 7) is 6.20. The number of nitrogens with one attached hydrogen (secondary N) is 1. The van der Waals surface area contributed by atoms with Crippen molar-refractivity contribution in [3.05, 3.63) is 59.7 Å². The molecule has 27 heavy (non-hydrogen) atoms. The van der Waals surface area contributed by atoms with Crippen LogP contribution in [0.15, 0.2) is 48.5 Å². The second-order valence-corrected chi connectivity index (χ2v) is 6.78. The molecule has 1 atom stereocenters. The number of rotatable bonds is 9. The summed E-state index contributed by atoms with van der Waals surface area (Å²) in [5, 5.41) is 2.94. The van der Waals surface area contributed by atoms with Crippen LogP contribution < -0.4 is 14.8 Å². The minimum atomic E-state index is -0.200. The molecule has 0 aliphatic carbocycles. The van der Waals surface area contributed by atoms with Gasteiger partial charge in [0.1, 0.15) is 0 Å². The van der Waals surface area contributed by atoms with E-state index in [2.05, 4.69) is 31.3 Å². The van der Waals surface area contributed by atoms with Gasteiger partial charge in [-0.25, -0.2) is 0 Å². The maximum Gasteiger partial charge on any atom is 0.257 e. The van der Waals surface area contributed by atoms with Crippen molar-refractivity contribution in [1.82, 2.24) is 5.32 Å². The molecule has 0 radical (unpaired) electrons. The Morgan fingerprint density at radius 3 is 2.33 bits per heavy atom. The minimum absolute atomic E-state index is 0.0572. The third-order valence-electron chi connectivity index (χ3n) is 4.48. The molecule has 0 aromatic heterocycles. The highest BCUT2D eigenvalue weighted by Crippen LogP contribution is 2.28. The largest absolute Gasteiger partial charge is 0.493 e. The van der Waals surface area contributed by atoms with Crippen LogP contribution in [0.3, 0.4) is 0 Å². The van der Waals surface area contributed by atoms with E-state index in [-0.39, 0.29) is 24.2 Å². The van der Waals surface area contributed by atoms with Gasteiger partial charge in [0.05, 0.1) is 7.11 Å². The Morgan fingerprint density at radius 1 is 1.04 bits per heavy atom. The predicted octanol–water partition coefficient (Wildman–Crippen LogP) is 3.83. The van der Waals surface area contributed by atoms with E-state index in [0.29, 0.717) is 29.5 Å². The molecule has 0 bridgehead atoms. The maximum atomic E-state index is 12.2. The molecule has 5 nitrogen and oxygen atoms in total. The molecular weight excluding hydrogens is 342 g/mol. The van der Waals surface area contributed by atoms with Crippen molar-refractivity contribution in [3.8, 4) is 11.5 Å². The van der Waals surface area contributed by atoms with E-state index in [1.807, 2.05) is 18.2 Å². The third kappa shape index (κ3) is 5.84. The van der Waals surface area contributed by atoms with Gasteiger partial charge >= 0.3 is 0 Å². The number of hydrogen-bond donors (Lipinski definition) is 1. The summed E-state index contributed by atoms with van der Waals surface area (Å²) in [6.07, 6.45) is 0. The molecule has 0 heterocycles. The van der Waals surface area contributed by atoms with Crippen molar-refractivity contribution in [1.29, 1.82) is 0 Å². The lowest BCUT2D eigenvalue weighted by Crippen LogP contribution is -2.33. The van der Waals surface area contributed by atoms with Crippen LogP contribution in [0.5, 0.6) is 11.5 Å². The van der Waals surface area contributed by atoms with Crippen molar-refractivity contribution in [3.63, 3.8) is 0 Å². The van der Waals surface area contributed by atoms with Gasteiger partial charge in [0.2, 0.25) is 0 Å². The molecule has 0 aliphatic rings. The number of methoxy groups -OCH3 is 1. The molecule has 144 valence electrons. The van der Waals surface area contributed by atoms with Crippen LogP contribution in [-0.2, 0) is 4.79 Å². The van der Waals surface area contributed by atoms with E-state index < -0.39 is 0 Å². The zero-order valence-electron chi connectivity index (χ0n) is 16.3. The Bertz CT molecular complexity index is 771. The monoisotopic (exact) mass is 369 g/mol. The number of carbonyl (C=O) groups excluding carboxylic acids is 2. The van der Waals surface area contributed by atoms with E-state index in [4.69, 9.17) is 9.47 Å². The van der Waals surface area contributed by atoms with Gasteiger partial charge in [0, 0.05) is 18.0 Å². The van der Waals surface area contributed by atoms with E-state index >= 15 is 0 Å². The normalized spacial score (nSPS) is 11.7. The highest BCUT2D eigenvalue weighted by Gasteiger charge is 2.17. The van der Waals surface area contributed by atoms with Crippen LogP contribution in [0.2, 0.25) is 0 Å². The van der Waals surface area contributed by atoms with Gasteiger partial charge in [-0.05, 0) is 36.6 Å². The predicted molar refractivity (Wildman–Crippen MR) is 106 cm³/mol. The van der Waals surface area contributed by atoms with Crippen molar-refractivity contribution in [2.75, 3.05) is 20.3 Å². The summed E-state index contributed by atoms with van der Waals surface area (Å²) in [5.41, 5.74) is 1.74. The first-order valence-electron chi connectivity index (χ1n) is 9.05. The minimum Gasteiger partial charge on any atom is -0.493 e. The standard InChI is InChI=1S/C22H27NO4/c1-15(2)19(17-8-6-5-7-9-17)13-23-22(25)14-27-20-11-10-18(16(3)24)12-21(20)26-4/h5-12,15,19H,13-14H2,1-4H3,(H,23,25). The molecular formula is C22H27NO4. The van der Waals surface area contributed by atoms with E-state index in [1.54, 1.807) is 18.2 Å². The Hall–Kier alpha value is -2.82. The molecule has 0 spiro atoms. The van der Waals surface area contributed by atoms with Gasteiger partial charge in [-0.2, -0.15) is 0 Å². The fraction of sp³-hybridized carbons (Fsp3) is 0.364. The van der Waals surface area contributed by atoms with Crippen LogP contribution in [0.25, 0.3) is 0 Å². The molecule has 0 saturated carbocycles. The van der Waals surface area contributed by atoms with Crippen LogP contribution in [0.1, 0.15) is 42.6 Å². The molecule has 2 aromatic rings. The summed E-state index contributed by atoms with van der Waals surface area (Å²) in [6, 6.07) is 15.1. The summed E-state index contributed by atoms with van der Waals surface area (Å²) < 4.78 is 10.8. The van der Waals surface area contributed by atoms with Crippen LogP contribution >= 0.6 is 0 Å². The van der Waals surface area contributed by atoms with E-state index in [1.165, 1.54) is 19.6 Å². The quantitative estimate of drug-likeness (QED) is 0.682. The SMILES string of the molecule is COc1cc(C(C)=O)ccc1OCC(=O)NCC(c1ccccc1)C(C)C. The molecule has 0 saturated heterocycles. The van der Waals surface area contributed by atoms with Crippen LogP contribution in [-0.4, -0.2) is 32.0 Å². The molecule has 0 fully saturated rings. The summed E-state index contributed by atoms with van der Waals surface area (Å²) >= 11 is 0. The topological polar surface area (TPSA) is 64.6 Å². The Labute approximate surface area is 160 Å². The number of Topliss-reactive ketones (excluding diaryl/α,β-unsaturated/α-hetero) is 1. The van der Waals surface area contributed by atoms with Crippen molar-refractivity contribution in [2.45, 2.75) is 26.7 Å². The smallest absolute Gasteiger partial charge is 0.257 e. The number of amides is 1. The van der Waals surface area contributed by atoms with Crippen LogP contribution in [0, 0.1) is 5.92 Å². The molecule has 5 heteroatoms.